The molecule has 3 aromatic carbocycles. The van der Waals surface area contributed by atoms with E-state index in [-0.39, 0.29) is 12.5 Å². The van der Waals surface area contributed by atoms with Gasteiger partial charge in [-0.3, -0.25) is 9.69 Å². The van der Waals surface area contributed by atoms with Crippen LogP contribution in [0.5, 0.6) is 5.75 Å². The summed E-state index contributed by atoms with van der Waals surface area (Å²) in [5.74, 6) is 0.148. The van der Waals surface area contributed by atoms with E-state index >= 15 is 0 Å². The fourth-order valence-corrected chi connectivity index (χ4v) is 3.82. The Balaban J connectivity index is 1.75. The minimum atomic E-state index is -0.432. The van der Waals surface area contributed by atoms with E-state index in [1.54, 1.807) is 48.2 Å². The number of esters is 1. The minimum Gasteiger partial charge on any atom is -0.494 e. The fraction of sp³-hybridized carbons (Fsp3) is 0.143. The summed E-state index contributed by atoms with van der Waals surface area (Å²) in [4.78, 5) is 27.5. The maximum atomic E-state index is 13.6. The Kier molecular flexibility index (Phi) is 7.14. The summed E-state index contributed by atoms with van der Waals surface area (Å²) < 4.78 is 10.6. The molecule has 34 heavy (non-hydrogen) atoms. The first-order valence-electron chi connectivity index (χ1n) is 11.0. The highest BCUT2D eigenvalue weighted by molar-refractivity contribution is 6.30. The maximum Gasteiger partial charge on any atom is 0.338 e. The van der Waals surface area contributed by atoms with Crippen molar-refractivity contribution in [2.75, 3.05) is 18.1 Å². The summed E-state index contributed by atoms with van der Waals surface area (Å²) in [5.41, 5.74) is 3.88. The Bertz CT molecular complexity index is 1260. The Morgan fingerprint density at radius 2 is 1.71 bits per heavy atom. The van der Waals surface area contributed by atoms with Gasteiger partial charge >= 0.3 is 5.97 Å². The fourth-order valence-electron chi connectivity index (χ4n) is 3.70. The zero-order chi connectivity index (χ0) is 24.1. The Morgan fingerprint density at radius 3 is 2.38 bits per heavy atom. The second-order valence-corrected chi connectivity index (χ2v) is 7.99. The maximum absolute atomic E-state index is 13.6. The molecule has 0 unspecified atom stereocenters. The molecule has 0 aliphatic carbocycles. The number of hydrogen-bond donors (Lipinski definition) is 0. The first-order valence-corrected chi connectivity index (χ1v) is 11.4. The summed E-state index contributed by atoms with van der Waals surface area (Å²) in [7, 11) is 0. The highest BCUT2D eigenvalue weighted by Gasteiger charge is 2.31. The Morgan fingerprint density at radius 1 is 0.971 bits per heavy atom. The second kappa shape index (κ2) is 10.4. The van der Waals surface area contributed by atoms with Gasteiger partial charge in [-0.2, -0.15) is 0 Å². The zero-order valence-corrected chi connectivity index (χ0v) is 19.7. The predicted octanol–water partition coefficient (Wildman–Crippen LogP) is 6.39. The van der Waals surface area contributed by atoms with E-state index in [0.717, 1.165) is 16.9 Å². The van der Waals surface area contributed by atoms with Crippen LogP contribution in [-0.4, -0.2) is 25.1 Å². The number of anilines is 1. The van der Waals surface area contributed by atoms with Crippen molar-refractivity contribution in [3.8, 4) is 5.75 Å². The topological polar surface area (TPSA) is 55.8 Å². The van der Waals surface area contributed by atoms with Gasteiger partial charge < -0.3 is 9.47 Å². The zero-order valence-electron chi connectivity index (χ0n) is 19.0. The van der Waals surface area contributed by atoms with E-state index in [9.17, 15) is 9.59 Å². The summed E-state index contributed by atoms with van der Waals surface area (Å²) in [5, 5.41) is 0.606. The Hall–Kier alpha value is -3.83. The molecule has 0 spiro atoms. The van der Waals surface area contributed by atoms with Crippen molar-refractivity contribution in [1.82, 2.24) is 0 Å². The molecule has 1 aliphatic heterocycles. The van der Waals surface area contributed by atoms with Gasteiger partial charge in [-0.15, -0.1) is 0 Å². The molecule has 5 nitrogen and oxygen atoms in total. The van der Waals surface area contributed by atoms with Crippen LogP contribution in [0.1, 0.15) is 35.3 Å². The van der Waals surface area contributed by atoms with Crippen LogP contribution in [0.15, 0.2) is 84.4 Å². The summed E-state index contributed by atoms with van der Waals surface area (Å²) >= 11 is 6.08. The van der Waals surface area contributed by atoms with Gasteiger partial charge in [-0.1, -0.05) is 41.9 Å². The van der Waals surface area contributed by atoms with Crippen LogP contribution in [-0.2, 0) is 9.53 Å². The lowest BCUT2D eigenvalue weighted by Crippen LogP contribution is -2.25. The quantitative estimate of drug-likeness (QED) is 0.295. The van der Waals surface area contributed by atoms with E-state index < -0.39 is 5.97 Å². The van der Waals surface area contributed by atoms with Crippen molar-refractivity contribution in [3.05, 3.63) is 106 Å². The number of carbonyl (C=O) groups is 2. The Labute approximate surface area is 203 Å². The van der Waals surface area contributed by atoms with Crippen molar-refractivity contribution < 1.29 is 19.1 Å². The van der Waals surface area contributed by atoms with Gasteiger partial charge in [-0.05, 0) is 79.6 Å². The molecule has 0 saturated heterocycles. The lowest BCUT2D eigenvalue weighted by molar-refractivity contribution is -0.113. The summed E-state index contributed by atoms with van der Waals surface area (Å²) in [6.07, 6.45) is 3.68. The standard InChI is InChI=1S/C28H24ClNO4/c1-3-33-25-14-8-19(9-15-25)16-22-18-26(20-10-12-23(29)13-11-20)30(27(22)31)24-7-5-6-21(17-24)28(32)34-4-2/h5-18H,3-4H2,1-2H3/b22-16+. The summed E-state index contributed by atoms with van der Waals surface area (Å²) in [6.45, 7) is 4.55. The molecule has 4 rings (SSSR count). The van der Waals surface area contributed by atoms with Crippen LogP contribution in [0.2, 0.25) is 5.02 Å². The molecule has 3 aromatic rings. The molecule has 0 atom stereocenters. The number of ether oxygens (including phenoxy) is 2. The molecule has 0 N–H and O–H groups in total. The van der Waals surface area contributed by atoms with Gasteiger partial charge in [0.25, 0.3) is 5.91 Å². The van der Waals surface area contributed by atoms with Crippen molar-refractivity contribution in [2.24, 2.45) is 0 Å². The lowest BCUT2D eigenvalue weighted by Gasteiger charge is -2.21. The number of rotatable bonds is 7. The normalized spacial score (nSPS) is 14.3. The number of nitrogens with zero attached hydrogens (tertiary/aromatic N) is 1. The number of halogens is 1. The SMILES string of the molecule is CCOC(=O)c1cccc(N2C(=O)/C(=C/c3ccc(OCC)cc3)C=C2c2ccc(Cl)cc2)c1. The molecular weight excluding hydrogens is 450 g/mol. The number of carbonyl (C=O) groups excluding carboxylic acids is 2. The van der Waals surface area contributed by atoms with Crippen LogP contribution in [0.4, 0.5) is 5.69 Å². The number of amides is 1. The molecule has 6 heteroatoms. The molecule has 1 heterocycles. The van der Waals surface area contributed by atoms with Crippen LogP contribution < -0.4 is 9.64 Å². The van der Waals surface area contributed by atoms with Gasteiger partial charge in [0, 0.05) is 10.6 Å². The lowest BCUT2D eigenvalue weighted by atomic mass is 10.1. The van der Waals surface area contributed by atoms with Crippen molar-refractivity contribution in [3.63, 3.8) is 0 Å². The minimum absolute atomic E-state index is 0.195. The highest BCUT2D eigenvalue weighted by atomic mass is 35.5. The second-order valence-electron chi connectivity index (χ2n) is 7.55. The molecule has 1 amide bonds. The molecule has 172 valence electrons. The summed E-state index contributed by atoms with van der Waals surface area (Å²) in [6, 6.07) is 21.7. The molecule has 0 bridgehead atoms. The van der Waals surface area contributed by atoms with E-state index in [1.165, 1.54) is 0 Å². The highest BCUT2D eigenvalue weighted by Crippen LogP contribution is 2.36. The third-order valence-electron chi connectivity index (χ3n) is 5.25. The largest absolute Gasteiger partial charge is 0.494 e. The predicted molar refractivity (Wildman–Crippen MR) is 135 cm³/mol. The van der Waals surface area contributed by atoms with Gasteiger partial charge in [0.1, 0.15) is 5.75 Å². The van der Waals surface area contributed by atoms with Gasteiger partial charge in [0.05, 0.1) is 30.2 Å². The van der Waals surface area contributed by atoms with Crippen molar-refractivity contribution in [1.29, 1.82) is 0 Å². The van der Waals surface area contributed by atoms with E-state index in [0.29, 0.717) is 34.2 Å². The number of benzene rings is 3. The molecule has 1 aliphatic rings. The van der Waals surface area contributed by atoms with E-state index in [2.05, 4.69) is 0 Å². The molecule has 0 radical (unpaired) electrons. The van der Waals surface area contributed by atoms with Crippen molar-refractivity contribution >= 4 is 40.9 Å². The molecule has 0 aromatic heterocycles. The third-order valence-corrected chi connectivity index (χ3v) is 5.50. The van der Waals surface area contributed by atoms with Gasteiger partial charge in [0.15, 0.2) is 0 Å². The molecule has 0 saturated carbocycles. The van der Waals surface area contributed by atoms with E-state index in [1.807, 2.05) is 55.5 Å². The van der Waals surface area contributed by atoms with Crippen LogP contribution in [0.25, 0.3) is 11.8 Å². The third kappa shape index (κ3) is 5.05. The smallest absolute Gasteiger partial charge is 0.338 e. The molecule has 0 fully saturated rings. The van der Waals surface area contributed by atoms with Crippen molar-refractivity contribution in [2.45, 2.75) is 13.8 Å². The van der Waals surface area contributed by atoms with Gasteiger partial charge in [-0.25, -0.2) is 4.79 Å². The average Bonchev–Trinajstić information content (AvgIpc) is 3.17. The van der Waals surface area contributed by atoms with E-state index in [4.69, 9.17) is 21.1 Å². The van der Waals surface area contributed by atoms with Crippen LogP contribution >= 0.6 is 11.6 Å². The average molecular weight is 474 g/mol. The first kappa shape index (κ1) is 23.3. The first-order chi connectivity index (χ1) is 16.5. The van der Waals surface area contributed by atoms with Crippen LogP contribution in [0.3, 0.4) is 0 Å². The van der Waals surface area contributed by atoms with Gasteiger partial charge in [0.2, 0.25) is 0 Å². The molecular formula is C28H24ClNO4. The monoisotopic (exact) mass is 473 g/mol. The number of hydrogen-bond acceptors (Lipinski definition) is 4. The van der Waals surface area contributed by atoms with Crippen LogP contribution in [0, 0.1) is 0 Å².